The van der Waals surface area contributed by atoms with Gasteiger partial charge in [0.2, 0.25) is 5.91 Å². The van der Waals surface area contributed by atoms with E-state index in [0.29, 0.717) is 18.7 Å². The van der Waals surface area contributed by atoms with Crippen LogP contribution in [0.4, 0.5) is 4.79 Å². The van der Waals surface area contributed by atoms with Crippen LogP contribution in [0.5, 0.6) is 0 Å². The van der Waals surface area contributed by atoms with Crippen LogP contribution in [0.25, 0.3) is 0 Å². The highest BCUT2D eigenvalue weighted by Gasteiger charge is 2.43. The topological polar surface area (TPSA) is 57.7 Å². The Balaban J connectivity index is 1.67. The van der Waals surface area contributed by atoms with Gasteiger partial charge in [-0.15, -0.1) is 0 Å². The molecule has 5 nitrogen and oxygen atoms in total. The fraction of sp³-hybridized carbons (Fsp3) is 0.400. The first-order chi connectivity index (χ1) is 9.97. The number of imide groups is 1. The van der Waals surface area contributed by atoms with Crippen LogP contribution >= 0.6 is 11.8 Å². The second-order valence-electron chi connectivity index (χ2n) is 5.50. The summed E-state index contributed by atoms with van der Waals surface area (Å²) < 4.78 is 0. The lowest BCUT2D eigenvalue weighted by Gasteiger charge is -2.42. The number of hydrogen-bond donors (Lipinski definition) is 0. The average molecular weight is 304 g/mol. The Bertz CT molecular complexity index is 622. The lowest BCUT2D eigenvalue weighted by Crippen LogP contribution is -2.62. The molecule has 0 unspecified atom stereocenters. The number of thioether (sulfide) groups is 1. The maximum absolute atomic E-state index is 12.4. The van der Waals surface area contributed by atoms with Crippen molar-refractivity contribution in [1.29, 1.82) is 0 Å². The van der Waals surface area contributed by atoms with Crippen LogP contribution in [0.3, 0.4) is 0 Å². The molecule has 0 aliphatic carbocycles. The molecular weight excluding hydrogens is 288 g/mol. The number of hydrogen-bond acceptors (Lipinski definition) is 4. The van der Waals surface area contributed by atoms with Gasteiger partial charge in [-0.05, 0) is 25.5 Å². The van der Waals surface area contributed by atoms with E-state index in [0.717, 1.165) is 22.9 Å². The summed E-state index contributed by atoms with van der Waals surface area (Å²) in [5.74, 6) is 0.0458. The van der Waals surface area contributed by atoms with Crippen LogP contribution in [0.1, 0.15) is 21.5 Å². The zero-order chi connectivity index (χ0) is 15.1. The molecule has 110 valence electrons. The van der Waals surface area contributed by atoms with E-state index in [2.05, 4.69) is 0 Å². The number of carbonyl (C=O) groups excluding carboxylic acids is 3. The van der Waals surface area contributed by atoms with Gasteiger partial charge in [0.25, 0.3) is 11.1 Å². The van der Waals surface area contributed by atoms with Crippen LogP contribution in [-0.4, -0.2) is 51.7 Å². The standard InChI is InChI=1S/C15H16N2O3S/c1-9-3-4-12(10(2)5-9)14(19)16-6-11(7-16)17-13(18)8-21-15(17)20/h3-5,11H,6-8H2,1-2H3. The van der Waals surface area contributed by atoms with Gasteiger partial charge in [0.1, 0.15) is 0 Å². The Labute approximate surface area is 127 Å². The summed E-state index contributed by atoms with van der Waals surface area (Å²) in [5, 5.41) is -0.191. The van der Waals surface area contributed by atoms with E-state index >= 15 is 0 Å². The predicted octanol–water partition coefficient (Wildman–Crippen LogP) is 1.82. The summed E-state index contributed by atoms with van der Waals surface area (Å²) in [7, 11) is 0. The molecule has 6 heteroatoms. The Kier molecular flexibility index (Phi) is 3.49. The zero-order valence-corrected chi connectivity index (χ0v) is 12.8. The third-order valence-electron chi connectivity index (χ3n) is 3.91. The average Bonchev–Trinajstić information content (AvgIpc) is 2.69. The van der Waals surface area contributed by atoms with Gasteiger partial charge >= 0.3 is 0 Å². The Hall–Kier alpha value is -1.82. The summed E-state index contributed by atoms with van der Waals surface area (Å²) in [6.45, 7) is 4.78. The molecule has 3 amide bonds. The number of amides is 3. The van der Waals surface area contributed by atoms with Gasteiger partial charge in [-0.25, -0.2) is 0 Å². The SMILES string of the molecule is Cc1ccc(C(=O)N2CC(N3C(=O)CSC3=O)C2)c(C)c1. The van der Waals surface area contributed by atoms with E-state index in [-0.39, 0.29) is 28.8 Å². The number of likely N-dealkylation sites (tertiary alicyclic amines) is 1. The molecule has 0 bridgehead atoms. The minimum Gasteiger partial charge on any atom is -0.334 e. The lowest BCUT2D eigenvalue weighted by molar-refractivity contribution is -0.128. The van der Waals surface area contributed by atoms with Crippen molar-refractivity contribution in [2.24, 2.45) is 0 Å². The molecule has 2 saturated heterocycles. The highest BCUT2D eigenvalue weighted by atomic mass is 32.2. The molecule has 2 heterocycles. The molecule has 0 saturated carbocycles. The third kappa shape index (κ3) is 2.44. The molecule has 0 N–H and O–H groups in total. The van der Waals surface area contributed by atoms with Crippen molar-refractivity contribution in [2.75, 3.05) is 18.8 Å². The van der Waals surface area contributed by atoms with Crippen LogP contribution in [0.2, 0.25) is 0 Å². The Morgan fingerprint density at radius 1 is 1.24 bits per heavy atom. The third-order valence-corrected chi connectivity index (χ3v) is 4.75. The highest BCUT2D eigenvalue weighted by Crippen LogP contribution is 2.27. The van der Waals surface area contributed by atoms with Crippen molar-refractivity contribution in [3.8, 4) is 0 Å². The normalized spacial score (nSPS) is 19.1. The van der Waals surface area contributed by atoms with E-state index in [1.165, 1.54) is 4.90 Å². The van der Waals surface area contributed by atoms with Gasteiger partial charge in [-0.1, -0.05) is 29.5 Å². The molecule has 0 spiro atoms. The maximum Gasteiger partial charge on any atom is 0.289 e. The quantitative estimate of drug-likeness (QED) is 0.836. The Morgan fingerprint density at radius 2 is 1.95 bits per heavy atom. The van der Waals surface area contributed by atoms with Crippen molar-refractivity contribution in [1.82, 2.24) is 9.80 Å². The van der Waals surface area contributed by atoms with E-state index in [1.807, 2.05) is 32.0 Å². The number of aryl methyl sites for hydroxylation is 2. The second kappa shape index (κ2) is 5.18. The molecule has 2 aliphatic rings. The maximum atomic E-state index is 12.4. The fourth-order valence-electron chi connectivity index (χ4n) is 2.73. The van der Waals surface area contributed by atoms with Crippen LogP contribution in [0.15, 0.2) is 18.2 Å². The van der Waals surface area contributed by atoms with E-state index < -0.39 is 0 Å². The van der Waals surface area contributed by atoms with Gasteiger partial charge in [0.15, 0.2) is 0 Å². The van der Waals surface area contributed by atoms with Crippen LogP contribution < -0.4 is 0 Å². The first-order valence-corrected chi connectivity index (χ1v) is 7.81. The molecule has 21 heavy (non-hydrogen) atoms. The molecule has 3 rings (SSSR count). The van der Waals surface area contributed by atoms with Gasteiger partial charge in [0.05, 0.1) is 11.8 Å². The number of nitrogens with zero attached hydrogens (tertiary/aromatic N) is 2. The first-order valence-electron chi connectivity index (χ1n) is 6.82. The molecule has 0 aromatic heterocycles. The summed E-state index contributed by atoms with van der Waals surface area (Å²) >= 11 is 1.04. The smallest absolute Gasteiger partial charge is 0.289 e. The van der Waals surface area contributed by atoms with Crippen molar-refractivity contribution < 1.29 is 14.4 Å². The molecule has 2 aliphatic heterocycles. The Morgan fingerprint density at radius 3 is 2.52 bits per heavy atom. The molecule has 0 radical (unpaired) electrons. The molecule has 1 aromatic carbocycles. The highest BCUT2D eigenvalue weighted by molar-refractivity contribution is 8.14. The zero-order valence-electron chi connectivity index (χ0n) is 12.0. The monoisotopic (exact) mass is 304 g/mol. The number of benzene rings is 1. The molecule has 2 fully saturated rings. The van der Waals surface area contributed by atoms with Crippen molar-refractivity contribution in [3.05, 3.63) is 34.9 Å². The van der Waals surface area contributed by atoms with E-state index in [4.69, 9.17) is 0 Å². The van der Waals surface area contributed by atoms with Crippen LogP contribution in [-0.2, 0) is 4.79 Å². The second-order valence-corrected chi connectivity index (χ2v) is 6.43. The van der Waals surface area contributed by atoms with Crippen molar-refractivity contribution in [2.45, 2.75) is 19.9 Å². The van der Waals surface area contributed by atoms with E-state index in [9.17, 15) is 14.4 Å². The molecular formula is C15H16N2O3S. The summed E-state index contributed by atoms with van der Waals surface area (Å²) in [4.78, 5) is 38.7. The summed E-state index contributed by atoms with van der Waals surface area (Å²) in [6, 6.07) is 5.58. The lowest BCUT2D eigenvalue weighted by atomic mass is 10.0. The predicted molar refractivity (Wildman–Crippen MR) is 80.3 cm³/mol. The summed E-state index contributed by atoms with van der Waals surface area (Å²) in [5.41, 5.74) is 2.76. The number of rotatable bonds is 2. The van der Waals surface area contributed by atoms with Crippen molar-refractivity contribution in [3.63, 3.8) is 0 Å². The van der Waals surface area contributed by atoms with Gasteiger partial charge in [-0.3, -0.25) is 19.3 Å². The van der Waals surface area contributed by atoms with E-state index in [1.54, 1.807) is 4.90 Å². The minimum absolute atomic E-state index is 0.0319. The first kappa shape index (κ1) is 14.1. The largest absolute Gasteiger partial charge is 0.334 e. The van der Waals surface area contributed by atoms with Gasteiger partial charge in [-0.2, -0.15) is 0 Å². The van der Waals surface area contributed by atoms with Crippen LogP contribution in [0, 0.1) is 13.8 Å². The molecule has 1 aromatic rings. The fourth-order valence-corrected chi connectivity index (χ4v) is 3.50. The molecule has 0 atom stereocenters. The van der Waals surface area contributed by atoms with Gasteiger partial charge in [0, 0.05) is 18.7 Å². The van der Waals surface area contributed by atoms with Crippen molar-refractivity contribution >= 4 is 28.8 Å². The number of carbonyl (C=O) groups is 3. The summed E-state index contributed by atoms with van der Waals surface area (Å²) in [6.07, 6.45) is 0. The van der Waals surface area contributed by atoms with Gasteiger partial charge < -0.3 is 4.90 Å². The minimum atomic E-state index is -0.191.